The molecule has 0 atom stereocenters. The molecule has 1 aromatic rings. The van der Waals surface area contributed by atoms with Crippen LogP contribution in [0.1, 0.15) is 19.4 Å². The van der Waals surface area contributed by atoms with Crippen LogP contribution in [0.15, 0.2) is 23.1 Å². The second-order valence-electron chi connectivity index (χ2n) is 5.46. The zero-order valence-electron chi connectivity index (χ0n) is 14.3. The number of amides is 2. The van der Waals surface area contributed by atoms with Crippen molar-refractivity contribution in [3.05, 3.63) is 38.8 Å². The second kappa shape index (κ2) is 8.00. The number of hydrogen-bond acceptors (Lipinski definition) is 8. The molecule has 0 spiro atoms. The molecule has 0 saturated carbocycles. The predicted octanol–water partition coefficient (Wildman–Crippen LogP) is 2.59. The van der Waals surface area contributed by atoms with Gasteiger partial charge in [0.2, 0.25) is 5.75 Å². The molecule has 1 saturated heterocycles. The quantitative estimate of drug-likeness (QED) is 0.320. The number of ether oxygens (including phenoxy) is 2. The SMILES string of the molecule is COc1c(/C=C2\SC(=O)N(CC(=O)OC(C)C)C2=O)cccc1[N+](=O)[O-]. The van der Waals surface area contributed by atoms with Gasteiger partial charge in [0.05, 0.1) is 23.0 Å². The summed E-state index contributed by atoms with van der Waals surface area (Å²) in [6.07, 6.45) is 0.955. The summed E-state index contributed by atoms with van der Waals surface area (Å²) in [5.41, 5.74) is 0.0120. The Labute approximate surface area is 153 Å². The summed E-state index contributed by atoms with van der Waals surface area (Å²) in [6, 6.07) is 4.23. The number of imide groups is 1. The normalized spacial score (nSPS) is 15.7. The smallest absolute Gasteiger partial charge is 0.326 e. The van der Waals surface area contributed by atoms with Crippen LogP contribution in [0, 0.1) is 10.1 Å². The lowest BCUT2D eigenvalue weighted by Gasteiger charge is -2.13. The second-order valence-corrected chi connectivity index (χ2v) is 6.46. The fourth-order valence-electron chi connectivity index (χ4n) is 2.23. The third kappa shape index (κ3) is 4.20. The molecule has 9 nitrogen and oxygen atoms in total. The number of methoxy groups -OCH3 is 1. The van der Waals surface area contributed by atoms with Crippen LogP contribution in [0.4, 0.5) is 10.5 Å². The highest BCUT2D eigenvalue weighted by molar-refractivity contribution is 8.18. The van der Waals surface area contributed by atoms with E-state index in [-0.39, 0.29) is 28.0 Å². The number of esters is 1. The summed E-state index contributed by atoms with van der Waals surface area (Å²) < 4.78 is 10.00. The van der Waals surface area contributed by atoms with Gasteiger partial charge < -0.3 is 9.47 Å². The molecule has 1 aliphatic rings. The minimum Gasteiger partial charge on any atom is -0.490 e. The number of nitro groups is 1. The van der Waals surface area contributed by atoms with Gasteiger partial charge in [0, 0.05) is 11.6 Å². The van der Waals surface area contributed by atoms with Crippen molar-refractivity contribution < 1.29 is 28.8 Å². The lowest BCUT2D eigenvalue weighted by atomic mass is 10.1. The van der Waals surface area contributed by atoms with Crippen molar-refractivity contribution in [3.63, 3.8) is 0 Å². The number of nitrogens with zero attached hydrogens (tertiary/aromatic N) is 2. The first-order valence-corrected chi connectivity index (χ1v) is 8.32. The van der Waals surface area contributed by atoms with Crippen LogP contribution in [0.3, 0.4) is 0 Å². The number of para-hydroxylation sites is 1. The first kappa shape index (κ1) is 19.4. The van der Waals surface area contributed by atoms with Crippen molar-refractivity contribution in [3.8, 4) is 5.75 Å². The Morgan fingerprint density at radius 2 is 2.08 bits per heavy atom. The highest BCUT2D eigenvalue weighted by Gasteiger charge is 2.37. The van der Waals surface area contributed by atoms with Crippen LogP contribution in [-0.2, 0) is 14.3 Å². The van der Waals surface area contributed by atoms with Crippen molar-refractivity contribution in [2.75, 3.05) is 13.7 Å². The van der Waals surface area contributed by atoms with E-state index in [2.05, 4.69) is 0 Å². The van der Waals surface area contributed by atoms with E-state index in [1.807, 2.05) is 0 Å². The van der Waals surface area contributed by atoms with E-state index in [4.69, 9.17) is 9.47 Å². The summed E-state index contributed by atoms with van der Waals surface area (Å²) >= 11 is 0.636. The maximum absolute atomic E-state index is 12.4. The minimum atomic E-state index is -0.698. The van der Waals surface area contributed by atoms with Crippen LogP contribution in [0.25, 0.3) is 6.08 Å². The molecule has 2 amide bonds. The Morgan fingerprint density at radius 1 is 1.38 bits per heavy atom. The molecule has 1 fully saturated rings. The zero-order chi connectivity index (χ0) is 19.4. The van der Waals surface area contributed by atoms with Crippen molar-refractivity contribution in [1.82, 2.24) is 4.90 Å². The van der Waals surface area contributed by atoms with Gasteiger partial charge in [0.25, 0.3) is 11.1 Å². The molecule has 0 aliphatic carbocycles. The van der Waals surface area contributed by atoms with Gasteiger partial charge in [-0.1, -0.05) is 12.1 Å². The first-order chi connectivity index (χ1) is 12.2. The highest BCUT2D eigenvalue weighted by atomic mass is 32.2. The zero-order valence-corrected chi connectivity index (χ0v) is 15.1. The fourth-order valence-corrected chi connectivity index (χ4v) is 3.06. The van der Waals surface area contributed by atoms with E-state index in [1.54, 1.807) is 13.8 Å². The number of carbonyl (C=O) groups is 3. The molecule has 138 valence electrons. The maximum Gasteiger partial charge on any atom is 0.326 e. The number of nitro benzene ring substituents is 1. The fraction of sp³-hybridized carbons (Fsp3) is 0.312. The summed E-state index contributed by atoms with van der Waals surface area (Å²) in [5.74, 6) is -1.39. The summed E-state index contributed by atoms with van der Waals surface area (Å²) in [7, 11) is 1.27. The standard InChI is InChI=1S/C16H16N2O7S/c1-9(2)25-13(19)8-17-15(20)12(26-16(17)21)7-10-5-4-6-11(18(22)23)14(10)24-3/h4-7,9H,8H2,1-3H3/b12-7-. The Kier molecular flexibility index (Phi) is 5.98. The number of thioether (sulfide) groups is 1. The van der Waals surface area contributed by atoms with E-state index in [1.165, 1.54) is 31.4 Å². The molecule has 0 bridgehead atoms. The topological polar surface area (TPSA) is 116 Å². The van der Waals surface area contributed by atoms with Gasteiger partial charge in [0.15, 0.2) is 0 Å². The molecular weight excluding hydrogens is 364 g/mol. The van der Waals surface area contributed by atoms with E-state index in [0.717, 1.165) is 4.90 Å². The Balaban J connectivity index is 2.29. The summed E-state index contributed by atoms with van der Waals surface area (Å²) in [4.78, 5) is 47.4. The van der Waals surface area contributed by atoms with Crippen LogP contribution >= 0.6 is 11.8 Å². The summed E-state index contributed by atoms with van der Waals surface area (Å²) in [6.45, 7) is 2.81. The lowest BCUT2D eigenvalue weighted by Crippen LogP contribution is -2.35. The number of benzene rings is 1. The molecule has 0 aromatic heterocycles. The van der Waals surface area contributed by atoms with Gasteiger partial charge in [-0.3, -0.25) is 29.4 Å². The molecule has 0 radical (unpaired) electrons. The molecule has 1 aromatic carbocycles. The Bertz CT molecular complexity index is 804. The van der Waals surface area contributed by atoms with E-state index >= 15 is 0 Å². The van der Waals surface area contributed by atoms with Crippen molar-refractivity contribution >= 4 is 40.6 Å². The van der Waals surface area contributed by atoms with Crippen LogP contribution in [-0.4, -0.2) is 46.7 Å². The van der Waals surface area contributed by atoms with E-state index in [9.17, 15) is 24.5 Å². The monoisotopic (exact) mass is 380 g/mol. The molecular formula is C16H16N2O7S. The van der Waals surface area contributed by atoms with Gasteiger partial charge in [-0.15, -0.1) is 0 Å². The Morgan fingerprint density at radius 3 is 2.65 bits per heavy atom. The average Bonchev–Trinajstić information content (AvgIpc) is 2.81. The van der Waals surface area contributed by atoms with Crippen LogP contribution in [0.5, 0.6) is 5.75 Å². The first-order valence-electron chi connectivity index (χ1n) is 7.50. The van der Waals surface area contributed by atoms with E-state index in [0.29, 0.717) is 11.8 Å². The number of carbonyl (C=O) groups excluding carboxylic acids is 3. The molecule has 1 heterocycles. The molecule has 26 heavy (non-hydrogen) atoms. The third-order valence-corrected chi connectivity index (χ3v) is 4.15. The third-order valence-electron chi connectivity index (χ3n) is 3.24. The minimum absolute atomic E-state index is 0.0245. The average molecular weight is 380 g/mol. The van der Waals surface area contributed by atoms with E-state index < -0.39 is 28.6 Å². The van der Waals surface area contributed by atoms with Gasteiger partial charge in [-0.2, -0.15) is 0 Å². The number of hydrogen-bond donors (Lipinski definition) is 0. The summed E-state index contributed by atoms with van der Waals surface area (Å²) in [5, 5.41) is 10.4. The predicted molar refractivity (Wildman–Crippen MR) is 93.6 cm³/mol. The van der Waals surface area contributed by atoms with Crippen LogP contribution < -0.4 is 4.74 Å². The lowest BCUT2D eigenvalue weighted by molar-refractivity contribution is -0.385. The molecule has 1 aliphatic heterocycles. The van der Waals surface area contributed by atoms with Crippen molar-refractivity contribution in [2.24, 2.45) is 0 Å². The van der Waals surface area contributed by atoms with Gasteiger partial charge in [0.1, 0.15) is 6.54 Å². The molecule has 0 N–H and O–H groups in total. The molecule has 2 rings (SSSR count). The van der Waals surface area contributed by atoms with Gasteiger partial charge in [-0.05, 0) is 31.7 Å². The molecule has 10 heteroatoms. The number of rotatable bonds is 6. The van der Waals surface area contributed by atoms with Crippen molar-refractivity contribution in [2.45, 2.75) is 20.0 Å². The van der Waals surface area contributed by atoms with Gasteiger partial charge >= 0.3 is 11.7 Å². The van der Waals surface area contributed by atoms with Crippen molar-refractivity contribution in [1.29, 1.82) is 0 Å². The van der Waals surface area contributed by atoms with Gasteiger partial charge in [-0.25, -0.2) is 0 Å². The largest absolute Gasteiger partial charge is 0.490 e. The highest BCUT2D eigenvalue weighted by Crippen LogP contribution is 2.37. The van der Waals surface area contributed by atoms with Crippen LogP contribution in [0.2, 0.25) is 0 Å². The molecule has 0 unspecified atom stereocenters. The maximum atomic E-state index is 12.4. The Hall–Kier alpha value is -2.88.